The van der Waals surface area contributed by atoms with Crippen LogP contribution in [-0.2, 0) is 13.6 Å². The summed E-state index contributed by atoms with van der Waals surface area (Å²) in [7, 11) is 1.80. The maximum Gasteiger partial charge on any atom is 0.169 e. The van der Waals surface area contributed by atoms with Crippen LogP contribution in [0.3, 0.4) is 0 Å². The van der Waals surface area contributed by atoms with E-state index in [2.05, 4.69) is 37.4 Å². The van der Waals surface area contributed by atoms with Crippen molar-refractivity contribution in [1.82, 2.24) is 14.8 Å². The molecule has 0 aliphatic carbocycles. The van der Waals surface area contributed by atoms with Crippen LogP contribution in [0.4, 0.5) is 5.69 Å². The lowest BCUT2D eigenvalue weighted by molar-refractivity contribution is 0.747. The molecule has 18 heavy (non-hydrogen) atoms. The second-order valence-corrected chi connectivity index (χ2v) is 4.90. The molecule has 0 unspecified atom stereocenters. The van der Waals surface area contributed by atoms with Gasteiger partial charge in [-0.1, -0.05) is 11.6 Å². The van der Waals surface area contributed by atoms with Crippen LogP contribution < -0.4 is 5.32 Å². The summed E-state index contributed by atoms with van der Waals surface area (Å²) >= 11 is 9.26. The second kappa shape index (κ2) is 5.38. The van der Waals surface area contributed by atoms with E-state index in [4.69, 9.17) is 16.9 Å². The van der Waals surface area contributed by atoms with Gasteiger partial charge in [0.25, 0.3) is 0 Å². The van der Waals surface area contributed by atoms with Gasteiger partial charge in [-0.3, -0.25) is 4.68 Å². The highest BCUT2D eigenvalue weighted by atomic mass is 79.9. The molecule has 92 valence electrons. The average molecular weight is 327 g/mol. The van der Waals surface area contributed by atoms with E-state index in [-0.39, 0.29) is 0 Å². The summed E-state index contributed by atoms with van der Waals surface area (Å²) in [6.45, 7) is 0.440. The van der Waals surface area contributed by atoms with Crippen molar-refractivity contribution in [2.45, 2.75) is 6.54 Å². The normalized spacial score (nSPS) is 10.1. The number of nitrogens with one attached hydrogen (secondary N) is 1. The van der Waals surface area contributed by atoms with Crippen LogP contribution in [0.15, 0.2) is 22.9 Å². The van der Waals surface area contributed by atoms with E-state index in [0.29, 0.717) is 28.6 Å². The fourth-order valence-electron chi connectivity index (χ4n) is 1.47. The number of benzene rings is 1. The average Bonchev–Trinajstić information content (AvgIpc) is 2.73. The van der Waals surface area contributed by atoms with E-state index in [1.807, 2.05) is 0 Å². The minimum atomic E-state index is 0.440. The smallest absolute Gasteiger partial charge is 0.169 e. The molecular formula is C11H9BrClN5. The minimum Gasteiger partial charge on any atom is -0.376 e. The van der Waals surface area contributed by atoms with Gasteiger partial charge in [0, 0.05) is 16.5 Å². The predicted octanol–water partition coefficient (Wildman–Crippen LogP) is 2.71. The van der Waals surface area contributed by atoms with Crippen molar-refractivity contribution in [3.8, 4) is 6.07 Å². The lowest BCUT2D eigenvalue weighted by Crippen LogP contribution is -2.04. The molecule has 1 heterocycles. The Morgan fingerprint density at radius 1 is 1.56 bits per heavy atom. The van der Waals surface area contributed by atoms with E-state index < -0.39 is 0 Å². The van der Waals surface area contributed by atoms with Gasteiger partial charge >= 0.3 is 0 Å². The zero-order valence-electron chi connectivity index (χ0n) is 9.48. The molecule has 1 N–H and O–H groups in total. The number of hydrogen-bond donors (Lipinski definition) is 1. The molecule has 0 aliphatic rings. The Labute approximate surface area is 118 Å². The van der Waals surface area contributed by atoms with E-state index >= 15 is 0 Å². The van der Waals surface area contributed by atoms with Crippen LogP contribution >= 0.6 is 27.5 Å². The van der Waals surface area contributed by atoms with Crippen molar-refractivity contribution in [1.29, 1.82) is 5.26 Å². The summed E-state index contributed by atoms with van der Waals surface area (Å²) in [5, 5.41) is 16.8. The van der Waals surface area contributed by atoms with Gasteiger partial charge in [0.1, 0.15) is 12.4 Å². The van der Waals surface area contributed by atoms with Crippen molar-refractivity contribution in [2.75, 3.05) is 5.32 Å². The SMILES string of the molecule is Cn1cnc(CNc2c(Br)cc(Cl)cc2C#N)n1. The van der Waals surface area contributed by atoms with Crippen LogP contribution in [0, 0.1) is 11.3 Å². The monoisotopic (exact) mass is 325 g/mol. The Balaban J connectivity index is 2.21. The molecule has 5 nitrogen and oxygen atoms in total. The number of aryl methyl sites for hydroxylation is 1. The quantitative estimate of drug-likeness (QED) is 0.942. The fraction of sp³-hybridized carbons (Fsp3) is 0.182. The predicted molar refractivity (Wildman–Crippen MR) is 72.2 cm³/mol. The maximum atomic E-state index is 9.06. The molecule has 0 aliphatic heterocycles. The number of nitrogens with zero attached hydrogens (tertiary/aromatic N) is 4. The van der Waals surface area contributed by atoms with Gasteiger partial charge in [0.15, 0.2) is 5.82 Å². The topological polar surface area (TPSA) is 66.5 Å². The first-order valence-corrected chi connectivity index (χ1v) is 6.25. The van der Waals surface area contributed by atoms with E-state index in [9.17, 15) is 0 Å². The highest BCUT2D eigenvalue weighted by molar-refractivity contribution is 9.10. The molecule has 1 aromatic heterocycles. The standard InChI is InChI=1S/C11H9BrClN5/c1-18-6-16-10(17-18)5-15-11-7(4-14)2-8(13)3-9(11)12/h2-3,6,15H,5H2,1H3. The number of aromatic nitrogens is 3. The fourth-order valence-corrected chi connectivity index (χ4v) is 2.42. The molecule has 0 spiro atoms. The third kappa shape index (κ3) is 2.81. The third-order valence-corrected chi connectivity index (χ3v) is 3.09. The molecule has 1 aromatic carbocycles. The Hall–Kier alpha value is -1.58. The number of hydrogen-bond acceptors (Lipinski definition) is 4. The first-order valence-electron chi connectivity index (χ1n) is 5.07. The highest BCUT2D eigenvalue weighted by Gasteiger charge is 2.09. The van der Waals surface area contributed by atoms with Crippen molar-refractivity contribution in [3.05, 3.63) is 39.3 Å². The second-order valence-electron chi connectivity index (χ2n) is 3.61. The molecule has 0 fully saturated rings. The number of anilines is 1. The van der Waals surface area contributed by atoms with Gasteiger partial charge in [0.05, 0.1) is 17.8 Å². The van der Waals surface area contributed by atoms with Gasteiger partial charge in [0.2, 0.25) is 0 Å². The molecule has 7 heteroatoms. The van der Waals surface area contributed by atoms with Crippen molar-refractivity contribution in [3.63, 3.8) is 0 Å². The molecule has 0 amide bonds. The van der Waals surface area contributed by atoms with Gasteiger partial charge in [-0.2, -0.15) is 10.4 Å². The minimum absolute atomic E-state index is 0.440. The van der Waals surface area contributed by atoms with Crippen LogP contribution in [0.2, 0.25) is 5.02 Å². The van der Waals surface area contributed by atoms with Crippen LogP contribution in [-0.4, -0.2) is 14.8 Å². The summed E-state index contributed by atoms with van der Waals surface area (Å²) in [5.74, 6) is 0.656. The van der Waals surface area contributed by atoms with E-state index in [1.54, 1.807) is 30.2 Å². The Bertz CT molecular complexity index is 616. The lowest BCUT2D eigenvalue weighted by atomic mass is 10.2. The summed E-state index contributed by atoms with van der Waals surface area (Å²) in [5.41, 5.74) is 1.17. The number of rotatable bonds is 3. The molecular weight excluding hydrogens is 318 g/mol. The molecule has 0 saturated heterocycles. The van der Waals surface area contributed by atoms with Gasteiger partial charge in [-0.25, -0.2) is 4.98 Å². The zero-order valence-corrected chi connectivity index (χ0v) is 11.8. The highest BCUT2D eigenvalue weighted by Crippen LogP contribution is 2.30. The number of halogens is 2. The summed E-state index contributed by atoms with van der Waals surface area (Å²) in [4.78, 5) is 4.10. The van der Waals surface area contributed by atoms with Crippen LogP contribution in [0.5, 0.6) is 0 Å². The molecule has 0 saturated carbocycles. The lowest BCUT2D eigenvalue weighted by Gasteiger charge is -2.09. The van der Waals surface area contributed by atoms with E-state index in [0.717, 1.165) is 4.47 Å². The largest absolute Gasteiger partial charge is 0.376 e. The molecule has 2 rings (SSSR count). The van der Waals surface area contributed by atoms with Gasteiger partial charge in [-0.05, 0) is 28.1 Å². The summed E-state index contributed by atoms with van der Waals surface area (Å²) in [6, 6.07) is 5.44. The van der Waals surface area contributed by atoms with Crippen molar-refractivity contribution in [2.24, 2.45) is 7.05 Å². The molecule has 0 radical (unpaired) electrons. The summed E-state index contributed by atoms with van der Waals surface area (Å²) < 4.78 is 2.36. The maximum absolute atomic E-state index is 9.06. The summed E-state index contributed by atoms with van der Waals surface area (Å²) in [6.07, 6.45) is 1.62. The number of nitriles is 1. The molecule has 2 aromatic rings. The third-order valence-electron chi connectivity index (χ3n) is 2.25. The Morgan fingerprint density at radius 2 is 2.33 bits per heavy atom. The van der Waals surface area contributed by atoms with Crippen molar-refractivity contribution < 1.29 is 0 Å². The Morgan fingerprint density at radius 3 is 2.94 bits per heavy atom. The zero-order chi connectivity index (χ0) is 13.1. The van der Waals surface area contributed by atoms with Crippen LogP contribution in [0.1, 0.15) is 11.4 Å². The van der Waals surface area contributed by atoms with Crippen molar-refractivity contribution >= 4 is 33.2 Å². The first-order chi connectivity index (χ1) is 8.60. The Kier molecular flexibility index (Phi) is 3.84. The van der Waals surface area contributed by atoms with E-state index in [1.165, 1.54) is 0 Å². The van der Waals surface area contributed by atoms with Gasteiger partial charge in [-0.15, -0.1) is 0 Å². The van der Waals surface area contributed by atoms with Crippen LogP contribution in [0.25, 0.3) is 0 Å². The van der Waals surface area contributed by atoms with Gasteiger partial charge < -0.3 is 5.32 Å². The first kappa shape index (κ1) is 12.9. The molecule has 0 bridgehead atoms. The molecule has 0 atom stereocenters.